The number of anilines is 1. The van der Waals surface area contributed by atoms with Crippen molar-refractivity contribution in [2.45, 2.75) is 13.0 Å². The third-order valence-electron chi connectivity index (χ3n) is 3.59. The summed E-state index contributed by atoms with van der Waals surface area (Å²) in [6.45, 7) is 1.43. The number of carbonyl (C=O) groups excluding carboxylic acids is 2. The Labute approximate surface area is 137 Å². The van der Waals surface area contributed by atoms with Gasteiger partial charge in [0.2, 0.25) is 0 Å². The molecule has 0 saturated heterocycles. The topological polar surface area (TPSA) is 71.2 Å². The number of para-hydroxylation sites is 2. The number of carbonyl (C=O) groups is 2. The quantitative estimate of drug-likeness (QED) is 0.721. The van der Waals surface area contributed by atoms with Crippen LogP contribution in [0.15, 0.2) is 54.7 Å². The van der Waals surface area contributed by atoms with E-state index in [0.29, 0.717) is 10.9 Å². The second-order valence-electron chi connectivity index (χ2n) is 5.26. The summed E-state index contributed by atoms with van der Waals surface area (Å²) < 4.78 is 18.7. The van der Waals surface area contributed by atoms with Gasteiger partial charge in [-0.2, -0.15) is 0 Å². The van der Waals surface area contributed by atoms with Gasteiger partial charge >= 0.3 is 5.97 Å². The van der Waals surface area contributed by atoms with Crippen molar-refractivity contribution >= 4 is 28.5 Å². The third kappa shape index (κ3) is 3.12. The van der Waals surface area contributed by atoms with Crippen molar-refractivity contribution in [1.29, 1.82) is 0 Å². The lowest BCUT2D eigenvalue weighted by Gasteiger charge is -2.13. The minimum Gasteiger partial charge on any atom is -0.449 e. The van der Waals surface area contributed by atoms with Crippen LogP contribution in [-0.2, 0) is 9.53 Å². The first-order valence-corrected chi connectivity index (χ1v) is 7.39. The van der Waals surface area contributed by atoms with Crippen LogP contribution in [0, 0.1) is 5.82 Å². The summed E-state index contributed by atoms with van der Waals surface area (Å²) in [6.07, 6.45) is 0.472. The molecule has 0 unspecified atom stereocenters. The average Bonchev–Trinajstić information content (AvgIpc) is 3.01. The lowest BCUT2D eigenvalue weighted by atomic mass is 10.2. The molecule has 3 rings (SSSR count). The van der Waals surface area contributed by atoms with Crippen LogP contribution in [0.3, 0.4) is 0 Å². The van der Waals surface area contributed by atoms with Gasteiger partial charge in [0.25, 0.3) is 5.91 Å². The molecule has 1 atom stereocenters. The van der Waals surface area contributed by atoms with Crippen molar-refractivity contribution in [3.05, 3.63) is 66.1 Å². The Morgan fingerprint density at radius 3 is 2.62 bits per heavy atom. The molecule has 2 N–H and O–H groups in total. The molecular weight excluding hydrogens is 311 g/mol. The zero-order chi connectivity index (χ0) is 17.1. The van der Waals surface area contributed by atoms with Gasteiger partial charge in [0.15, 0.2) is 6.10 Å². The van der Waals surface area contributed by atoms with Crippen molar-refractivity contribution in [2.24, 2.45) is 0 Å². The lowest BCUT2D eigenvalue weighted by molar-refractivity contribution is -0.123. The van der Waals surface area contributed by atoms with Crippen LogP contribution in [-0.4, -0.2) is 23.0 Å². The molecule has 1 heterocycles. The molecule has 3 aromatic rings. The molecule has 0 bridgehead atoms. The molecular formula is C18H15FN2O3. The van der Waals surface area contributed by atoms with Crippen molar-refractivity contribution in [3.8, 4) is 0 Å². The molecule has 1 aromatic heterocycles. The number of esters is 1. The summed E-state index contributed by atoms with van der Waals surface area (Å²) in [4.78, 5) is 27.3. The first-order chi connectivity index (χ1) is 11.6. The Kier molecular flexibility index (Phi) is 4.29. The third-order valence-corrected chi connectivity index (χ3v) is 3.59. The number of benzene rings is 2. The van der Waals surface area contributed by atoms with E-state index in [9.17, 15) is 14.0 Å². The molecule has 0 radical (unpaired) electrons. The highest BCUT2D eigenvalue weighted by Gasteiger charge is 2.21. The Morgan fingerprint density at radius 2 is 1.83 bits per heavy atom. The number of ether oxygens (including phenoxy) is 1. The van der Waals surface area contributed by atoms with E-state index in [1.807, 2.05) is 12.1 Å². The van der Waals surface area contributed by atoms with E-state index in [1.165, 1.54) is 31.3 Å². The Balaban J connectivity index is 1.70. The zero-order valence-corrected chi connectivity index (χ0v) is 12.9. The monoisotopic (exact) mass is 326 g/mol. The maximum Gasteiger partial charge on any atom is 0.341 e. The van der Waals surface area contributed by atoms with Crippen molar-refractivity contribution < 1.29 is 18.7 Å². The first-order valence-electron chi connectivity index (χ1n) is 7.39. The number of hydrogen-bond acceptors (Lipinski definition) is 3. The lowest BCUT2D eigenvalue weighted by Crippen LogP contribution is -2.30. The fourth-order valence-corrected chi connectivity index (χ4v) is 2.31. The van der Waals surface area contributed by atoms with Gasteiger partial charge in [-0.25, -0.2) is 9.18 Å². The smallest absolute Gasteiger partial charge is 0.341 e. The van der Waals surface area contributed by atoms with Crippen LogP contribution in [0.5, 0.6) is 0 Å². The maximum absolute atomic E-state index is 13.5. The Hall–Kier alpha value is -3.15. The highest BCUT2D eigenvalue weighted by molar-refractivity contribution is 6.05. The van der Waals surface area contributed by atoms with Gasteiger partial charge in [0.1, 0.15) is 5.82 Å². The molecule has 122 valence electrons. The summed E-state index contributed by atoms with van der Waals surface area (Å²) in [5.41, 5.74) is 1.18. The minimum atomic E-state index is -1.06. The van der Waals surface area contributed by atoms with E-state index in [4.69, 9.17) is 4.74 Å². The first kappa shape index (κ1) is 15.7. The Morgan fingerprint density at radius 1 is 1.12 bits per heavy atom. The molecule has 24 heavy (non-hydrogen) atoms. The van der Waals surface area contributed by atoms with E-state index in [2.05, 4.69) is 10.3 Å². The average molecular weight is 326 g/mol. The SMILES string of the molecule is C[C@H](OC(=O)c1c[nH]c2ccccc12)C(=O)Nc1ccccc1F. The predicted molar refractivity (Wildman–Crippen MR) is 88.2 cm³/mol. The number of nitrogens with one attached hydrogen (secondary N) is 2. The summed E-state index contributed by atoms with van der Waals surface area (Å²) in [5.74, 6) is -1.78. The number of fused-ring (bicyclic) bond motifs is 1. The molecule has 6 heteroatoms. The highest BCUT2D eigenvalue weighted by atomic mass is 19.1. The van der Waals surface area contributed by atoms with Crippen LogP contribution in [0.25, 0.3) is 10.9 Å². The number of hydrogen-bond donors (Lipinski definition) is 2. The molecule has 1 amide bonds. The molecule has 0 aliphatic rings. The maximum atomic E-state index is 13.5. The van der Waals surface area contributed by atoms with Gasteiger partial charge in [-0.3, -0.25) is 4.79 Å². The summed E-state index contributed by atoms with van der Waals surface area (Å²) in [5, 5.41) is 3.11. The highest BCUT2D eigenvalue weighted by Crippen LogP contribution is 2.19. The fourth-order valence-electron chi connectivity index (χ4n) is 2.31. The molecule has 5 nitrogen and oxygen atoms in total. The van der Waals surface area contributed by atoms with Gasteiger partial charge in [0.05, 0.1) is 11.3 Å². The van der Waals surface area contributed by atoms with Gasteiger partial charge in [0, 0.05) is 17.1 Å². The summed E-state index contributed by atoms with van der Waals surface area (Å²) in [6, 6.07) is 13.1. The fraction of sp³-hybridized carbons (Fsp3) is 0.111. The number of rotatable bonds is 4. The van der Waals surface area contributed by atoms with Crippen molar-refractivity contribution in [1.82, 2.24) is 4.98 Å². The van der Waals surface area contributed by atoms with Gasteiger partial charge in [-0.1, -0.05) is 30.3 Å². The molecule has 0 spiro atoms. The molecule has 0 aliphatic heterocycles. The summed E-state index contributed by atoms with van der Waals surface area (Å²) in [7, 11) is 0. The largest absolute Gasteiger partial charge is 0.449 e. The van der Waals surface area contributed by atoms with Crippen molar-refractivity contribution in [2.75, 3.05) is 5.32 Å². The van der Waals surface area contributed by atoms with Crippen LogP contribution >= 0.6 is 0 Å². The molecule has 0 saturated carbocycles. The molecule has 0 aliphatic carbocycles. The van der Waals surface area contributed by atoms with Crippen molar-refractivity contribution in [3.63, 3.8) is 0 Å². The number of aromatic amines is 1. The Bertz CT molecular complexity index is 904. The normalized spacial score (nSPS) is 11.9. The minimum absolute atomic E-state index is 0.0393. The van der Waals surface area contributed by atoms with E-state index in [1.54, 1.807) is 18.2 Å². The number of H-pyrrole nitrogens is 1. The number of aromatic nitrogens is 1. The molecule has 2 aromatic carbocycles. The van der Waals surface area contributed by atoms with Crippen LogP contribution in [0.1, 0.15) is 17.3 Å². The predicted octanol–water partition coefficient (Wildman–Crippen LogP) is 3.49. The van der Waals surface area contributed by atoms with Gasteiger partial charge < -0.3 is 15.0 Å². The van der Waals surface area contributed by atoms with Gasteiger partial charge in [-0.15, -0.1) is 0 Å². The van der Waals surface area contributed by atoms with E-state index >= 15 is 0 Å². The number of halogens is 1. The molecule has 0 fully saturated rings. The van der Waals surface area contributed by atoms with E-state index < -0.39 is 23.8 Å². The van der Waals surface area contributed by atoms with Gasteiger partial charge in [-0.05, 0) is 25.1 Å². The van der Waals surface area contributed by atoms with Crippen LogP contribution in [0.2, 0.25) is 0 Å². The van der Waals surface area contributed by atoms with Crippen LogP contribution < -0.4 is 5.32 Å². The zero-order valence-electron chi connectivity index (χ0n) is 12.9. The number of amides is 1. The second-order valence-corrected chi connectivity index (χ2v) is 5.26. The van der Waals surface area contributed by atoms with E-state index in [-0.39, 0.29) is 5.69 Å². The van der Waals surface area contributed by atoms with Crippen LogP contribution in [0.4, 0.5) is 10.1 Å². The standard InChI is InChI=1S/C18H15FN2O3/c1-11(17(22)21-16-9-5-3-7-14(16)19)24-18(23)13-10-20-15-8-4-2-6-12(13)15/h2-11,20H,1H3,(H,21,22)/t11-/m0/s1. The summed E-state index contributed by atoms with van der Waals surface area (Å²) >= 11 is 0. The second kappa shape index (κ2) is 6.54. The van der Waals surface area contributed by atoms with E-state index in [0.717, 1.165) is 5.52 Å².